The summed E-state index contributed by atoms with van der Waals surface area (Å²) in [5, 5.41) is 2.89. The zero-order chi connectivity index (χ0) is 18.4. The largest absolute Gasteiger partial charge is 0.493 e. The Kier molecular flexibility index (Phi) is 6.66. The number of rotatable bonds is 7. The number of benzene rings is 1. The monoisotopic (exact) mass is 370 g/mol. The number of carbonyl (C=O) groups excluding carboxylic acids is 1. The molecule has 1 N–H and O–H groups in total. The van der Waals surface area contributed by atoms with Crippen LogP contribution in [-0.2, 0) is 21.4 Å². The molecule has 1 amide bonds. The quantitative estimate of drug-likeness (QED) is 0.784. The first-order chi connectivity index (χ1) is 11.9. The molecular formula is C17H26N2O5S. The summed E-state index contributed by atoms with van der Waals surface area (Å²) in [7, 11) is -0.120. The number of amides is 1. The highest BCUT2D eigenvalue weighted by atomic mass is 32.2. The lowest BCUT2D eigenvalue weighted by Gasteiger charge is -2.30. The van der Waals surface area contributed by atoms with Crippen LogP contribution in [0.1, 0.15) is 25.3 Å². The Balaban J connectivity index is 1.96. The van der Waals surface area contributed by atoms with Gasteiger partial charge in [-0.25, -0.2) is 12.7 Å². The molecular weight excluding hydrogens is 344 g/mol. The Bertz CT molecular complexity index is 705. The number of nitrogens with zero attached hydrogens (tertiary/aromatic N) is 1. The molecule has 1 unspecified atom stereocenters. The molecule has 0 bridgehead atoms. The van der Waals surface area contributed by atoms with Crippen LogP contribution in [0.2, 0.25) is 0 Å². The maximum absolute atomic E-state index is 12.4. The maximum Gasteiger partial charge on any atom is 0.224 e. The topological polar surface area (TPSA) is 84.9 Å². The third-order valence-electron chi connectivity index (χ3n) is 4.43. The van der Waals surface area contributed by atoms with E-state index in [9.17, 15) is 13.2 Å². The summed E-state index contributed by atoms with van der Waals surface area (Å²) in [6.45, 7) is 2.73. The summed E-state index contributed by atoms with van der Waals surface area (Å²) in [5.74, 6) is 0.867. The molecule has 0 saturated carbocycles. The van der Waals surface area contributed by atoms with E-state index in [0.717, 1.165) is 5.56 Å². The van der Waals surface area contributed by atoms with Crippen LogP contribution in [0.5, 0.6) is 11.5 Å². The SMILES string of the molecule is CCS(=O)(=O)N1CCCC(C(=O)NCc2ccc(OC)c(OC)c2)C1. The van der Waals surface area contributed by atoms with Crippen molar-refractivity contribution in [2.24, 2.45) is 5.92 Å². The molecule has 0 aromatic heterocycles. The molecule has 0 spiro atoms. The number of piperidine rings is 1. The molecule has 1 aliphatic rings. The summed E-state index contributed by atoms with van der Waals surface area (Å²) in [6, 6.07) is 5.46. The summed E-state index contributed by atoms with van der Waals surface area (Å²) in [4.78, 5) is 12.4. The van der Waals surface area contributed by atoms with Crippen molar-refractivity contribution < 1.29 is 22.7 Å². The van der Waals surface area contributed by atoms with Crippen LogP contribution >= 0.6 is 0 Å². The lowest BCUT2D eigenvalue weighted by molar-refractivity contribution is -0.126. The van der Waals surface area contributed by atoms with E-state index < -0.39 is 10.0 Å². The van der Waals surface area contributed by atoms with E-state index in [1.165, 1.54) is 4.31 Å². The molecule has 8 heteroatoms. The van der Waals surface area contributed by atoms with Crippen molar-refractivity contribution in [1.82, 2.24) is 9.62 Å². The van der Waals surface area contributed by atoms with E-state index in [2.05, 4.69) is 5.32 Å². The number of nitrogens with one attached hydrogen (secondary N) is 1. The number of hydrogen-bond acceptors (Lipinski definition) is 5. The number of carbonyl (C=O) groups is 1. The average molecular weight is 370 g/mol. The second-order valence-electron chi connectivity index (χ2n) is 6.00. The Hall–Kier alpha value is -1.80. The van der Waals surface area contributed by atoms with Crippen molar-refractivity contribution in [2.45, 2.75) is 26.3 Å². The van der Waals surface area contributed by atoms with Gasteiger partial charge < -0.3 is 14.8 Å². The third-order valence-corrected chi connectivity index (χ3v) is 6.28. The lowest BCUT2D eigenvalue weighted by Crippen LogP contribution is -2.45. The Morgan fingerprint density at radius 2 is 2.00 bits per heavy atom. The van der Waals surface area contributed by atoms with Gasteiger partial charge >= 0.3 is 0 Å². The number of ether oxygens (including phenoxy) is 2. The Morgan fingerprint density at radius 3 is 2.64 bits per heavy atom. The highest BCUT2D eigenvalue weighted by molar-refractivity contribution is 7.89. The van der Waals surface area contributed by atoms with Crippen molar-refractivity contribution in [3.8, 4) is 11.5 Å². The standard InChI is InChI=1S/C17H26N2O5S/c1-4-25(21,22)19-9-5-6-14(12-19)17(20)18-11-13-7-8-15(23-2)16(10-13)24-3/h7-8,10,14H,4-6,9,11-12H2,1-3H3,(H,18,20). The molecule has 1 aliphatic heterocycles. The van der Waals surface area contributed by atoms with Gasteiger partial charge in [0.15, 0.2) is 11.5 Å². The lowest BCUT2D eigenvalue weighted by atomic mass is 9.98. The minimum Gasteiger partial charge on any atom is -0.493 e. The van der Waals surface area contributed by atoms with E-state index in [1.807, 2.05) is 12.1 Å². The number of hydrogen-bond donors (Lipinski definition) is 1. The van der Waals surface area contributed by atoms with Crippen molar-refractivity contribution in [3.63, 3.8) is 0 Å². The highest BCUT2D eigenvalue weighted by Crippen LogP contribution is 2.27. The molecule has 1 fully saturated rings. The van der Waals surface area contributed by atoms with Gasteiger partial charge in [-0.05, 0) is 37.5 Å². The van der Waals surface area contributed by atoms with Gasteiger partial charge in [-0.1, -0.05) is 6.07 Å². The molecule has 1 aromatic rings. The van der Waals surface area contributed by atoms with Gasteiger partial charge in [-0.2, -0.15) is 0 Å². The van der Waals surface area contributed by atoms with Crippen LogP contribution in [0.25, 0.3) is 0 Å². The minimum atomic E-state index is -3.25. The van der Waals surface area contributed by atoms with Crippen molar-refractivity contribution in [3.05, 3.63) is 23.8 Å². The van der Waals surface area contributed by atoms with Crippen molar-refractivity contribution in [1.29, 1.82) is 0 Å². The molecule has 140 valence electrons. The second-order valence-corrected chi connectivity index (χ2v) is 8.26. The van der Waals surface area contributed by atoms with Gasteiger partial charge in [0, 0.05) is 19.6 Å². The van der Waals surface area contributed by atoms with Gasteiger partial charge in [0.25, 0.3) is 0 Å². The molecule has 1 atom stereocenters. The Morgan fingerprint density at radius 1 is 1.28 bits per heavy atom. The van der Waals surface area contributed by atoms with Gasteiger partial charge in [0.05, 0.1) is 25.9 Å². The normalized spacial score (nSPS) is 18.6. The van der Waals surface area contributed by atoms with Crippen molar-refractivity contribution >= 4 is 15.9 Å². The molecule has 1 heterocycles. The summed E-state index contributed by atoms with van der Waals surface area (Å²) in [5.41, 5.74) is 0.889. The third kappa shape index (κ3) is 4.85. The van der Waals surface area contributed by atoms with E-state index in [0.29, 0.717) is 37.4 Å². The second kappa shape index (κ2) is 8.53. The van der Waals surface area contributed by atoms with Crippen molar-refractivity contribution in [2.75, 3.05) is 33.1 Å². The maximum atomic E-state index is 12.4. The minimum absolute atomic E-state index is 0.0625. The summed E-state index contributed by atoms with van der Waals surface area (Å²) >= 11 is 0. The molecule has 2 rings (SSSR count). The molecule has 1 aromatic carbocycles. The highest BCUT2D eigenvalue weighted by Gasteiger charge is 2.31. The molecule has 1 saturated heterocycles. The number of methoxy groups -OCH3 is 2. The van der Waals surface area contributed by atoms with E-state index in [4.69, 9.17) is 9.47 Å². The fourth-order valence-electron chi connectivity index (χ4n) is 2.92. The summed E-state index contributed by atoms with van der Waals surface area (Å²) in [6.07, 6.45) is 1.40. The summed E-state index contributed by atoms with van der Waals surface area (Å²) < 4.78 is 35.9. The van der Waals surface area contributed by atoms with Gasteiger partial charge in [-0.3, -0.25) is 4.79 Å². The number of sulfonamides is 1. The van der Waals surface area contributed by atoms with Crippen LogP contribution in [0.4, 0.5) is 0 Å². The Labute approximate surface area is 149 Å². The molecule has 0 aliphatic carbocycles. The van der Waals surface area contributed by atoms with Crippen LogP contribution in [0.15, 0.2) is 18.2 Å². The van der Waals surface area contributed by atoms with E-state index in [-0.39, 0.29) is 24.1 Å². The van der Waals surface area contributed by atoms with E-state index >= 15 is 0 Å². The zero-order valence-electron chi connectivity index (χ0n) is 14.9. The van der Waals surface area contributed by atoms with Crippen LogP contribution in [-0.4, -0.2) is 51.7 Å². The van der Waals surface area contributed by atoms with E-state index in [1.54, 1.807) is 27.2 Å². The average Bonchev–Trinajstić information content (AvgIpc) is 2.65. The molecule has 7 nitrogen and oxygen atoms in total. The fourth-order valence-corrected chi connectivity index (χ4v) is 4.10. The first kappa shape index (κ1) is 19.5. The fraction of sp³-hybridized carbons (Fsp3) is 0.588. The predicted molar refractivity (Wildman–Crippen MR) is 95.2 cm³/mol. The van der Waals surface area contributed by atoms with Gasteiger partial charge in [-0.15, -0.1) is 0 Å². The molecule has 0 radical (unpaired) electrons. The van der Waals surface area contributed by atoms with Crippen LogP contribution in [0.3, 0.4) is 0 Å². The predicted octanol–water partition coefficient (Wildman–Crippen LogP) is 1.38. The van der Waals surface area contributed by atoms with Crippen LogP contribution in [0, 0.1) is 5.92 Å². The van der Waals surface area contributed by atoms with Gasteiger partial charge in [0.2, 0.25) is 15.9 Å². The molecule has 25 heavy (non-hydrogen) atoms. The van der Waals surface area contributed by atoms with Crippen LogP contribution < -0.4 is 14.8 Å². The zero-order valence-corrected chi connectivity index (χ0v) is 15.8. The first-order valence-corrected chi connectivity index (χ1v) is 9.98. The first-order valence-electron chi connectivity index (χ1n) is 8.37. The smallest absolute Gasteiger partial charge is 0.224 e. The van der Waals surface area contributed by atoms with Gasteiger partial charge in [0.1, 0.15) is 0 Å².